The number of carbonyl (C=O) groups excluding carboxylic acids is 2. The summed E-state index contributed by atoms with van der Waals surface area (Å²) >= 11 is 0. The maximum Gasteiger partial charge on any atom is 0.339 e. The topological polar surface area (TPSA) is 102 Å². The second-order valence-corrected chi connectivity index (χ2v) is 8.46. The van der Waals surface area contributed by atoms with Crippen molar-refractivity contribution in [3.63, 3.8) is 0 Å². The number of aliphatic hydroxyl groups is 1. The zero-order valence-electron chi connectivity index (χ0n) is 18.7. The van der Waals surface area contributed by atoms with Crippen molar-refractivity contribution < 1.29 is 19.4 Å². The largest absolute Gasteiger partial charge is 0.465 e. The summed E-state index contributed by atoms with van der Waals surface area (Å²) < 4.78 is 4.74. The van der Waals surface area contributed by atoms with Crippen LogP contribution in [0.1, 0.15) is 72.7 Å². The van der Waals surface area contributed by atoms with Gasteiger partial charge in [-0.25, -0.2) is 4.79 Å². The van der Waals surface area contributed by atoms with Crippen molar-refractivity contribution in [1.29, 1.82) is 0 Å². The number of esters is 1. The van der Waals surface area contributed by atoms with Gasteiger partial charge in [0.2, 0.25) is 0 Å². The van der Waals surface area contributed by atoms with E-state index in [0.29, 0.717) is 17.2 Å². The molecule has 0 aliphatic rings. The Balaban J connectivity index is 2.15. The van der Waals surface area contributed by atoms with Gasteiger partial charge in [-0.3, -0.25) is 9.79 Å². The molecule has 0 fully saturated rings. The molecular weight excluding hydrogens is 392 g/mol. The number of aliphatic imine (C=N–C) groups is 1. The summed E-state index contributed by atoms with van der Waals surface area (Å²) in [6, 6.07) is 11.8. The van der Waals surface area contributed by atoms with Gasteiger partial charge >= 0.3 is 5.97 Å². The van der Waals surface area contributed by atoms with E-state index in [-0.39, 0.29) is 22.6 Å². The Kier molecular flexibility index (Phi) is 8.51. The standard InChI is InChI=1S/C25H32N2O4/c1-17(9-8-15-25(2,3)30)14-16-27-21-13-6-5-10-18(21)23(28)19-11-7-12-20(22(19)26)24(29)31-4/h5-7,10-13,16-17,30H,8-9,14-15,26H2,1-4H3. The molecule has 0 radical (unpaired) electrons. The molecule has 0 aliphatic heterocycles. The molecule has 1 unspecified atom stereocenters. The summed E-state index contributed by atoms with van der Waals surface area (Å²) in [5.74, 6) is -0.465. The molecule has 2 aromatic carbocycles. The predicted octanol–water partition coefficient (Wildman–Crippen LogP) is 4.96. The number of rotatable bonds is 10. The number of ketones is 1. The van der Waals surface area contributed by atoms with E-state index in [4.69, 9.17) is 10.5 Å². The normalized spacial score (nSPS) is 12.7. The number of hydrogen-bond acceptors (Lipinski definition) is 6. The number of benzene rings is 2. The van der Waals surface area contributed by atoms with Crippen molar-refractivity contribution in [2.24, 2.45) is 10.9 Å². The minimum Gasteiger partial charge on any atom is -0.465 e. The highest BCUT2D eigenvalue weighted by Crippen LogP contribution is 2.27. The van der Waals surface area contributed by atoms with Gasteiger partial charge < -0.3 is 15.6 Å². The molecule has 31 heavy (non-hydrogen) atoms. The van der Waals surface area contributed by atoms with Crippen molar-refractivity contribution in [2.45, 2.75) is 52.1 Å². The Morgan fingerprint density at radius 1 is 1.13 bits per heavy atom. The number of nitrogens with two attached hydrogens (primary N) is 1. The van der Waals surface area contributed by atoms with Crippen molar-refractivity contribution >= 4 is 29.3 Å². The number of nitrogens with zero attached hydrogens (tertiary/aromatic N) is 1. The molecule has 166 valence electrons. The second kappa shape index (κ2) is 10.9. The lowest BCUT2D eigenvalue weighted by Gasteiger charge is -2.17. The molecule has 0 heterocycles. The highest BCUT2D eigenvalue weighted by molar-refractivity contribution is 6.16. The van der Waals surface area contributed by atoms with Crippen LogP contribution in [0.3, 0.4) is 0 Å². The van der Waals surface area contributed by atoms with Crippen LogP contribution >= 0.6 is 0 Å². The summed E-state index contributed by atoms with van der Waals surface area (Å²) in [4.78, 5) is 29.6. The Morgan fingerprint density at radius 3 is 2.45 bits per heavy atom. The van der Waals surface area contributed by atoms with Crippen molar-refractivity contribution in [1.82, 2.24) is 0 Å². The minimum atomic E-state index is -0.639. The molecule has 0 saturated carbocycles. The molecule has 0 aliphatic carbocycles. The highest BCUT2D eigenvalue weighted by Gasteiger charge is 2.20. The molecule has 0 amide bonds. The fourth-order valence-corrected chi connectivity index (χ4v) is 3.31. The third kappa shape index (κ3) is 7.03. The summed E-state index contributed by atoms with van der Waals surface area (Å²) in [5, 5.41) is 9.82. The van der Waals surface area contributed by atoms with Gasteiger partial charge in [-0.15, -0.1) is 0 Å². The summed E-state index contributed by atoms with van der Waals surface area (Å²) in [7, 11) is 1.27. The SMILES string of the molecule is COC(=O)c1cccc(C(=O)c2ccccc2N=CCC(C)CCCC(C)(C)O)c1N. The molecule has 0 spiro atoms. The number of anilines is 1. The lowest BCUT2D eigenvalue weighted by atomic mass is 9.95. The first-order valence-electron chi connectivity index (χ1n) is 10.5. The second-order valence-electron chi connectivity index (χ2n) is 8.46. The quantitative estimate of drug-likeness (QED) is 0.243. The summed E-state index contributed by atoms with van der Waals surface area (Å²) in [5.41, 5.74) is 6.92. The van der Waals surface area contributed by atoms with Crippen LogP contribution in [-0.2, 0) is 4.74 Å². The predicted molar refractivity (Wildman–Crippen MR) is 124 cm³/mol. The van der Waals surface area contributed by atoms with Gasteiger partial charge in [-0.05, 0) is 56.9 Å². The Hall–Kier alpha value is -2.99. The van der Waals surface area contributed by atoms with Gasteiger partial charge in [0.1, 0.15) is 0 Å². The molecular formula is C25H32N2O4. The van der Waals surface area contributed by atoms with E-state index in [1.54, 1.807) is 30.3 Å². The van der Waals surface area contributed by atoms with Gasteiger partial charge in [-0.1, -0.05) is 38.0 Å². The first-order valence-corrected chi connectivity index (χ1v) is 10.5. The molecule has 0 saturated heterocycles. The number of ether oxygens (including phenoxy) is 1. The van der Waals surface area contributed by atoms with Crippen LogP contribution in [0.5, 0.6) is 0 Å². The monoisotopic (exact) mass is 424 g/mol. The molecule has 3 N–H and O–H groups in total. The van der Waals surface area contributed by atoms with Crippen LogP contribution in [-0.4, -0.2) is 35.8 Å². The molecule has 2 aromatic rings. The molecule has 6 heteroatoms. The summed E-state index contributed by atoms with van der Waals surface area (Å²) in [6.07, 6.45) is 5.30. The summed E-state index contributed by atoms with van der Waals surface area (Å²) in [6.45, 7) is 5.79. The van der Waals surface area contributed by atoms with Crippen molar-refractivity contribution in [3.8, 4) is 0 Å². The van der Waals surface area contributed by atoms with E-state index in [0.717, 1.165) is 25.7 Å². The minimum absolute atomic E-state index is 0.0959. The third-order valence-electron chi connectivity index (χ3n) is 5.13. The molecule has 1 atom stereocenters. The first kappa shape index (κ1) is 24.3. The zero-order chi connectivity index (χ0) is 23.0. The van der Waals surface area contributed by atoms with Crippen LogP contribution in [0.2, 0.25) is 0 Å². The van der Waals surface area contributed by atoms with E-state index in [9.17, 15) is 14.7 Å². The van der Waals surface area contributed by atoms with Gasteiger partial charge in [0.25, 0.3) is 0 Å². The molecule has 2 rings (SSSR count). The fraction of sp³-hybridized carbons (Fsp3) is 0.400. The fourth-order valence-electron chi connectivity index (χ4n) is 3.31. The number of hydrogen-bond donors (Lipinski definition) is 2. The number of nitrogen functional groups attached to an aromatic ring is 1. The van der Waals surface area contributed by atoms with Gasteiger partial charge in [0.15, 0.2) is 5.78 Å². The van der Waals surface area contributed by atoms with Crippen LogP contribution in [0.25, 0.3) is 0 Å². The lowest BCUT2D eigenvalue weighted by Crippen LogP contribution is -2.18. The lowest BCUT2D eigenvalue weighted by molar-refractivity contribution is 0.0601. The third-order valence-corrected chi connectivity index (χ3v) is 5.13. The Labute approximate surface area is 184 Å². The average molecular weight is 425 g/mol. The molecule has 6 nitrogen and oxygen atoms in total. The smallest absolute Gasteiger partial charge is 0.339 e. The van der Waals surface area contributed by atoms with Gasteiger partial charge in [0.05, 0.1) is 29.6 Å². The van der Waals surface area contributed by atoms with E-state index in [2.05, 4.69) is 11.9 Å². The van der Waals surface area contributed by atoms with E-state index in [1.165, 1.54) is 13.2 Å². The van der Waals surface area contributed by atoms with Gasteiger partial charge in [-0.2, -0.15) is 0 Å². The number of methoxy groups -OCH3 is 1. The molecule has 0 bridgehead atoms. The van der Waals surface area contributed by atoms with Crippen LogP contribution < -0.4 is 5.73 Å². The van der Waals surface area contributed by atoms with E-state index < -0.39 is 11.6 Å². The van der Waals surface area contributed by atoms with Crippen LogP contribution in [0.15, 0.2) is 47.5 Å². The van der Waals surface area contributed by atoms with Crippen molar-refractivity contribution in [2.75, 3.05) is 12.8 Å². The molecule has 0 aromatic heterocycles. The average Bonchev–Trinajstić information content (AvgIpc) is 2.72. The maximum atomic E-state index is 13.2. The number of para-hydroxylation sites is 2. The first-order chi connectivity index (χ1) is 14.6. The van der Waals surface area contributed by atoms with Crippen molar-refractivity contribution in [3.05, 3.63) is 59.2 Å². The highest BCUT2D eigenvalue weighted by atomic mass is 16.5. The van der Waals surface area contributed by atoms with E-state index >= 15 is 0 Å². The Bertz CT molecular complexity index is 945. The van der Waals surface area contributed by atoms with Gasteiger partial charge in [0, 0.05) is 17.3 Å². The Morgan fingerprint density at radius 2 is 1.77 bits per heavy atom. The number of carbonyl (C=O) groups is 2. The van der Waals surface area contributed by atoms with Crippen LogP contribution in [0.4, 0.5) is 11.4 Å². The zero-order valence-corrected chi connectivity index (χ0v) is 18.7. The van der Waals surface area contributed by atoms with E-state index in [1.807, 2.05) is 26.1 Å². The maximum absolute atomic E-state index is 13.2. The van der Waals surface area contributed by atoms with Crippen LogP contribution in [0, 0.1) is 5.92 Å².